The number of aromatic nitrogens is 2. The summed E-state index contributed by atoms with van der Waals surface area (Å²) < 4.78 is 4.26. The third-order valence-electron chi connectivity index (χ3n) is 5.31. The molecule has 28 heavy (non-hydrogen) atoms. The summed E-state index contributed by atoms with van der Waals surface area (Å²) in [6, 6.07) is 10.5. The van der Waals surface area contributed by atoms with Crippen molar-refractivity contribution < 1.29 is 8.49 Å². The molecule has 4 rings (SSSR count). The van der Waals surface area contributed by atoms with E-state index in [1.807, 2.05) is 16.5 Å². The third-order valence-corrected chi connectivity index (χ3v) is 5.31. The molecule has 0 spiro atoms. The zero-order chi connectivity index (χ0) is 19.5. The van der Waals surface area contributed by atoms with Crippen LogP contribution in [0.1, 0.15) is 26.7 Å². The van der Waals surface area contributed by atoms with Crippen LogP contribution in [-0.2, 0) is 0 Å². The summed E-state index contributed by atoms with van der Waals surface area (Å²) in [5, 5.41) is 0. The van der Waals surface area contributed by atoms with Gasteiger partial charge in [0.25, 0.3) is 0 Å². The first-order chi connectivity index (χ1) is 13.7. The van der Waals surface area contributed by atoms with Crippen LogP contribution < -0.4 is 8.49 Å². The van der Waals surface area contributed by atoms with Crippen LogP contribution in [0.5, 0.6) is 0 Å². The lowest BCUT2D eigenvalue weighted by Crippen LogP contribution is -2.31. The lowest BCUT2D eigenvalue weighted by atomic mass is 9.86. The van der Waals surface area contributed by atoms with Crippen LogP contribution in [0.25, 0.3) is 11.4 Å². The summed E-state index contributed by atoms with van der Waals surface area (Å²) in [5.74, 6) is 1.09. The minimum atomic E-state index is 0.979. The van der Waals surface area contributed by atoms with Crippen LogP contribution >= 0.6 is 0 Å². The number of allylic oxidation sites excluding steroid dienone is 10. The highest BCUT2D eigenvalue weighted by Crippen LogP contribution is 2.31. The van der Waals surface area contributed by atoms with Crippen molar-refractivity contribution in [3.63, 3.8) is 0 Å². The average Bonchev–Trinajstić information content (AvgIpc) is 3.14. The molecule has 0 fully saturated rings. The maximum atomic E-state index is 4.22. The number of imidazole rings is 1. The summed E-state index contributed by atoms with van der Waals surface area (Å²) >= 11 is 0. The Hall–Kier alpha value is -3.26. The average molecular weight is 367 g/mol. The molecule has 0 radical (unpaired) electrons. The molecule has 0 saturated carbocycles. The molecule has 0 atom stereocenters. The fraction of sp³-hybridized carbons (Fsp3) is 0.154. The van der Waals surface area contributed by atoms with Gasteiger partial charge < -0.3 is 0 Å². The van der Waals surface area contributed by atoms with Gasteiger partial charge in [-0.05, 0) is 24.0 Å². The molecule has 2 nitrogen and oxygen atoms in total. The maximum Gasteiger partial charge on any atom is 0.397 e. The molecule has 0 unspecified atom stereocenters. The molecule has 1 aromatic heterocycles. The van der Waals surface area contributed by atoms with Gasteiger partial charge >= 0.3 is 5.82 Å². The van der Waals surface area contributed by atoms with Crippen molar-refractivity contribution >= 4 is 0 Å². The van der Waals surface area contributed by atoms with E-state index in [0.29, 0.717) is 0 Å². The van der Waals surface area contributed by atoms with E-state index in [9.17, 15) is 0 Å². The first kappa shape index (κ1) is 18.1. The van der Waals surface area contributed by atoms with Gasteiger partial charge in [0.15, 0.2) is 18.1 Å². The predicted octanol–water partition coefficient (Wildman–Crippen LogP) is 4.98. The first-order valence-corrected chi connectivity index (χ1v) is 9.93. The summed E-state index contributed by atoms with van der Waals surface area (Å²) in [4.78, 5) is 0. The lowest BCUT2D eigenvalue weighted by molar-refractivity contribution is -0.594. The van der Waals surface area contributed by atoms with Crippen LogP contribution in [0.4, 0.5) is 0 Å². The molecule has 0 amide bonds. The molecule has 2 aromatic rings. The third kappa shape index (κ3) is 3.22. The standard InChI is InChI=1S/C26H26N2/c1-4-20-18-24(22-12-8-6-9-13-22)19-21(5-2)25(20)28-17-16-27(3)26(28)23-14-10-7-11-15-23/h6-19H,3-5H2,1-2H3. The zero-order valence-corrected chi connectivity index (χ0v) is 16.6. The minimum absolute atomic E-state index is 0.979. The fourth-order valence-corrected chi connectivity index (χ4v) is 3.91. The number of rotatable bonds is 3. The van der Waals surface area contributed by atoms with Gasteiger partial charge in [-0.3, -0.25) is 0 Å². The molecule has 1 heterocycles. The van der Waals surface area contributed by atoms with Gasteiger partial charge in [0.2, 0.25) is 0 Å². The van der Waals surface area contributed by atoms with E-state index in [-0.39, 0.29) is 0 Å². The second kappa shape index (κ2) is 7.77. The molecule has 0 saturated heterocycles. The van der Waals surface area contributed by atoms with E-state index in [0.717, 1.165) is 18.7 Å². The number of hydrogen-bond donors (Lipinski definition) is 0. The normalized spacial score (nSPS) is 16.1. The Bertz CT molecular complexity index is 1120. The van der Waals surface area contributed by atoms with Gasteiger partial charge in [-0.1, -0.05) is 61.9 Å². The monoisotopic (exact) mass is 366 g/mol. The van der Waals surface area contributed by atoms with E-state index >= 15 is 0 Å². The van der Waals surface area contributed by atoms with Gasteiger partial charge in [0.05, 0.1) is 0 Å². The highest BCUT2D eigenvalue weighted by Gasteiger charge is 2.24. The number of benzene rings is 1. The number of nitrogens with zero attached hydrogens (tertiary/aromatic N) is 2. The largest absolute Gasteiger partial charge is 0.397 e. The molecule has 1 aromatic carbocycles. The van der Waals surface area contributed by atoms with Crippen molar-refractivity contribution in [3.8, 4) is 11.4 Å². The molecule has 0 aliphatic heterocycles. The summed E-state index contributed by atoms with van der Waals surface area (Å²) in [5.41, 5.74) is 7.71. The minimum Gasteiger partial charge on any atom is -0.186 e. The molecule has 0 N–H and O–H groups in total. The Kier molecular flexibility index (Phi) is 5.03. The second-order valence-corrected chi connectivity index (χ2v) is 7.04. The maximum absolute atomic E-state index is 4.22. The van der Waals surface area contributed by atoms with Crippen molar-refractivity contribution in [1.82, 2.24) is 0 Å². The van der Waals surface area contributed by atoms with Crippen molar-refractivity contribution in [2.75, 3.05) is 0 Å². The SMILES string of the molecule is C=[n+]1cc[n+](=C2C(CC)=CC(=C3C=CC=C[CH-]3)C=C2CC)[c-]1-c1ccccc1. The van der Waals surface area contributed by atoms with Crippen LogP contribution in [0.2, 0.25) is 0 Å². The van der Waals surface area contributed by atoms with Crippen LogP contribution in [-0.4, -0.2) is 0 Å². The van der Waals surface area contributed by atoms with Gasteiger partial charge in [-0.25, -0.2) is 0 Å². The van der Waals surface area contributed by atoms with Gasteiger partial charge in [0, 0.05) is 5.56 Å². The summed E-state index contributed by atoms with van der Waals surface area (Å²) in [7, 11) is 0. The van der Waals surface area contributed by atoms with E-state index in [1.165, 1.54) is 33.6 Å². The van der Waals surface area contributed by atoms with E-state index < -0.39 is 0 Å². The summed E-state index contributed by atoms with van der Waals surface area (Å²) in [6.07, 6.45) is 21.4. The topological polar surface area (TPSA) is 11.8 Å². The molecule has 2 aliphatic rings. The van der Waals surface area contributed by atoms with Crippen molar-refractivity contribution in [2.45, 2.75) is 26.7 Å². The first-order valence-electron chi connectivity index (χ1n) is 9.93. The Morgan fingerprint density at radius 3 is 2.29 bits per heavy atom. The molecular weight excluding hydrogens is 340 g/mol. The highest BCUT2D eigenvalue weighted by molar-refractivity contribution is 5.57. The Balaban J connectivity index is 1.99. The lowest BCUT2D eigenvalue weighted by Gasteiger charge is -2.22. The quantitative estimate of drug-likeness (QED) is 0.536. The van der Waals surface area contributed by atoms with E-state index in [1.54, 1.807) is 0 Å². The molecular formula is C26H26N2. The molecule has 140 valence electrons. The molecule has 0 bridgehead atoms. The van der Waals surface area contributed by atoms with Crippen LogP contribution in [0.3, 0.4) is 0 Å². The van der Waals surface area contributed by atoms with Crippen LogP contribution in [0, 0.1) is 18.9 Å². The zero-order valence-electron chi connectivity index (χ0n) is 16.6. The Labute approximate surface area is 167 Å². The molecule has 2 aliphatic carbocycles. The van der Waals surface area contributed by atoms with Crippen molar-refractivity contribution in [1.29, 1.82) is 0 Å². The van der Waals surface area contributed by atoms with E-state index in [4.69, 9.17) is 0 Å². The van der Waals surface area contributed by atoms with Crippen LogP contribution in [0.15, 0.2) is 101 Å². The van der Waals surface area contributed by atoms with Gasteiger partial charge in [-0.2, -0.15) is 8.49 Å². The van der Waals surface area contributed by atoms with E-state index in [2.05, 4.69) is 98.1 Å². The Morgan fingerprint density at radius 1 is 0.964 bits per heavy atom. The Morgan fingerprint density at radius 2 is 1.68 bits per heavy atom. The highest BCUT2D eigenvalue weighted by atomic mass is 15.0. The molecule has 2 heteroatoms. The smallest absolute Gasteiger partial charge is 0.186 e. The summed E-state index contributed by atoms with van der Waals surface area (Å²) in [6.45, 7) is 8.68. The predicted molar refractivity (Wildman–Crippen MR) is 114 cm³/mol. The number of hydrogen-bond acceptors (Lipinski definition) is 0. The van der Waals surface area contributed by atoms with Gasteiger partial charge in [-0.15, -0.1) is 36.3 Å². The second-order valence-electron chi connectivity index (χ2n) is 7.04. The van der Waals surface area contributed by atoms with Crippen molar-refractivity contribution in [3.05, 3.63) is 120 Å². The van der Waals surface area contributed by atoms with Gasteiger partial charge in [0.1, 0.15) is 6.72 Å². The van der Waals surface area contributed by atoms with Crippen molar-refractivity contribution in [2.24, 2.45) is 0 Å². The fourth-order valence-electron chi connectivity index (χ4n) is 3.91.